The van der Waals surface area contributed by atoms with Gasteiger partial charge in [0.05, 0.1) is 3.79 Å². The van der Waals surface area contributed by atoms with Gasteiger partial charge in [0, 0.05) is 9.35 Å². The van der Waals surface area contributed by atoms with Crippen LogP contribution in [0.2, 0.25) is 0 Å². The quantitative estimate of drug-likeness (QED) is 0.604. The van der Waals surface area contributed by atoms with Crippen molar-refractivity contribution in [1.29, 1.82) is 0 Å². The molecule has 0 radical (unpaired) electrons. The predicted octanol–water partition coefficient (Wildman–Crippen LogP) is 5.51. The van der Waals surface area contributed by atoms with Crippen molar-refractivity contribution in [2.45, 2.75) is 6.10 Å². The van der Waals surface area contributed by atoms with Crippen LogP contribution in [0, 0.1) is 0 Å². The van der Waals surface area contributed by atoms with E-state index in [1.165, 1.54) is 0 Å². The summed E-state index contributed by atoms with van der Waals surface area (Å²) in [5, 5.41) is 12.8. The minimum absolute atomic E-state index is 0.598. The van der Waals surface area contributed by atoms with Crippen LogP contribution >= 0.6 is 43.2 Å². The Labute approximate surface area is 132 Å². The summed E-state index contributed by atoms with van der Waals surface area (Å²) in [6.07, 6.45) is -0.598. The highest BCUT2D eigenvalue weighted by Crippen LogP contribution is 2.38. The summed E-state index contributed by atoms with van der Waals surface area (Å²) >= 11 is 8.47. The molecule has 3 rings (SSSR count). The molecule has 0 spiro atoms. The first-order valence-electron chi connectivity index (χ1n) is 5.77. The molecule has 2 aromatic carbocycles. The fraction of sp³-hybridized carbons (Fsp3) is 0.0667. The van der Waals surface area contributed by atoms with E-state index >= 15 is 0 Å². The first-order valence-corrected chi connectivity index (χ1v) is 8.17. The molecular weight excluding hydrogens is 388 g/mol. The fourth-order valence-corrected chi connectivity index (χ4v) is 4.24. The Morgan fingerprint density at radius 3 is 2.47 bits per heavy atom. The van der Waals surface area contributed by atoms with Gasteiger partial charge in [-0.1, -0.05) is 42.5 Å². The topological polar surface area (TPSA) is 20.2 Å². The summed E-state index contributed by atoms with van der Waals surface area (Å²) in [5.74, 6) is 0. The van der Waals surface area contributed by atoms with Crippen molar-refractivity contribution < 1.29 is 5.11 Å². The van der Waals surface area contributed by atoms with Gasteiger partial charge in [-0.05, 0) is 54.3 Å². The molecule has 1 aromatic heterocycles. The number of thiophene rings is 1. The van der Waals surface area contributed by atoms with E-state index in [-0.39, 0.29) is 0 Å². The Kier molecular flexibility index (Phi) is 3.76. The van der Waals surface area contributed by atoms with Gasteiger partial charge in [-0.3, -0.25) is 0 Å². The van der Waals surface area contributed by atoms with E-state index in [1.807, 2.05) is 36.4 Å². The Balaban J connectivity index is 2.13. The monoisotopic (exact) mass is 396 g/mol. The van der Waals surface area contributed by atoms with Crippen LogP contribution in [0.3, 0.4) is 0 Å². The molecule has 1 unspecified atom stereocenters. The molecule has 96 valence electrons. The zero-order chi connectivity index (χ0) is 13.4. The molecule has 1 heterocycles. The zero-order valence-corrected chi connectivity index (χ0v) is 13.8. The van der Waals surface area contributed by atoms with E-state index in [0.29, 0.717) is 0 Å². The van der Waals surface area contributed by atoms with Gasteiger partial charge in [0.15, 0.2) is 0 Å². The molecule has 3 aromatic rings. The summed E-state index contributed by atoms with van der Waals surface area (Å²) in [6, 6.07) is 16.1. The molecule has 0 saturated carbocycles. The van der Waals surface area contributed by atoms with Crippen LogP contribution in [-0.4, -0.2) is 5.11 Å². The van der Waals surface area contributed by atoms with Crippen LogP contribution in [0.4, 0.5) is 0 Å². The average molecular weight is 398 g/mol. The Morgan fingerprint density at radius 1 is 1.00 bits per heavy atom. The van der Waals surface area contributed by atoms with Crippen LogP contribution < -0.4 is 0 Å². The number of hydrogen-bond acceptors (Lipinski definition) is 2. The lowest BCUT2D eigenvalue weighted by atomic mass is 10.00. The Morgan fingerprint density at radius 2 is 1.74 bits per heavy atom. The third-order valence-electron chi connectivity index (χ3n) is 3.05. The predicted molar refractivity (Wildman–Crippen MR) is 87.7 cm³/mol. The van der Waals surface area contributed by atoms with Crippen LogP contribution in [0.5, 0.6) is 0 Å². The first-order chi connectivity index (χ1) is 9.16. The number of hydrogen-bond donors (Lipinski definition) is 1. The summed E-state index contributed by atoms with van der Waals surface area (Å²) < 4.78 is 1.98. The molecule has 1 nitrogen and oxygen atoms in total. The highest BCUT2D eigenvalue weighted by molar-refractivity contribution is 9.13. The lowest BCUT2D eigenvalue weighted by molar-refractivity contribution is 0.225. The molecule has 0 aliphatic rings. The van der Waals surface area contributed by atoms with E-state index < -0.39 is 6.10 Å². The molecule has 0 bridgehead atoms. The summed E-state index contributed by atoms with van der Waals surface area (Å²) in [4.78, 5) is 0.926. The van der Waals surface area contributed by atoms with Crippen LogP contribution in [0.15, 0.2) is 56.8 Å². The van der Waals surface area contributed by atoms with Crippen molar-refractivity contribution in [3.05, 3.63) is 67.2 Å². The number of rotatable bonds is 2. The van der Waals surface area contributed by atoms with Crippen LogP contribution in [0.1, 0.15) is 16.5 Å². The largest absolute Gasteiger partial charge is 0.383 e. The second kappa shape index (κ2) is 5.37. The van der Waals surface area contributed by atoms with Crippen molar-refractivity contribution in [3.63, 3.8) is 0 Å². The van der Waals surface area contributed by atoms with Gasteiger partial charge in [0.25, 0.3) is 0 Å². The lowest BCUT2D eigenvalue weighted by Gasteiger charge is -2.12. The van der Waals surface area contributed by atoms with Gasteiger partial charge >= 0.3 is 0 Å². The van der Waals surface area contributed by atoms with E-state index in [2.05, 4.69) is 44.0 Å². The fourth-order valence-electron chi connectivity index (χ4n) is 2.14. The van der Waals surface area contributed by atoms with E-state index in [0.717, 1.165) is 29.5 Å². The van der Waals surface area contributed by atoms with Crippen LogP contribution in [-0.2, 0) is 0 Å². The molecule has 19 heavy (non-hydrogen) atoms. The molecule has 0 aliphatic heterocycles. The maximum atomic E-state index is 10.6. The van der Waals surface area contributed by atoms with Gasteiger partial charge in [-0.2, -0.15) is 0 Å². The molecule has 4 heteroatoms. The van der Waals surface area contributed by atoms with Crippen molar-refractivity contribution in [3.8, 4) is 0 Å². The summed E-state index contributed by atoms with van der Waals surface area (Å²) in [6.45, 7) is 0. The van der Waals surface area contributed by atoms with Gasteiger partial charge < -0.3 is 5.11 Å². The van der Waals surface area contributed by atoms with Gasteiger partial charge in [-0.15, -0.1) is 11.3 Å². The molecule has 0 saturated heterocycles. The average Bonchev–Trinajstić information content (AvgIpc) is 2.77. The van der Waals surface area contributed by atoms with Crippen molar-refractivity contribution >= 4 is 54.0 Å². The Bertz CT molecular complexity index is 711. The minimum atomic E-state index is -0.598. The van der Waals surface area contributed by atoms with Crippen molar-refractivity contribution in [2.24, 2.45) is 0 Å². The normalized spacial score (nSPS) is 12.8. The van der Waals surface area contributed by atoms with Crippen molar-refractivity contribution in [2.75, 3.05) is 0 Å². The van der Waals surface area contributed by atoms with Crippen LogP contribution in [0.25, 0.3) is 10.8 Å². The van der Waals surface area contributed by atoms with Gasteiger partial charge in [0.2, 0.25) is 0 Å². The minimum Gasteiger partial charge on any atom is -0.383 e. The second-order valence-corrected chi connectivity index (χ2v) is 7.50. The maximum absolute atomic E-state index is 10.6. The molecule has 0 aliphatic carbocycles. The summed E-state index contributed by atoms with van der Waals surface area (Å²) in [5.41, 5.74) is 0.944. The number of benzene rings is 2. The van der Waals surface area contributed by atoms with Gasteiger partial charge in [-0.25, -0.2) is 0 Å². The molecule has 1 N–H and O–H groups in total. The second-order valence-electron chi connectivity index (χ2n) is 4.24. The number of aliphatic hydroxyl groups is 1. The third kappa shape index (κ3) is 2.50. The van der Waals surface area contributed by atoms with E-state index in [1.54, 1.807) is 11.3 Å². The van der Waals surface area contributed by atoms with E-state index in [4.69, 9.17) is 0 Å². The van der Waals surface area contributed by atoms with Gasteiger partial charge in [0.1, 0.15) is 6.10 Å². The third-order valence-corrected chi connectivity index (χ3v) is 6.36. The highest BCUT2D eigenvalue weighted by Gasteiger charge is 2.17. The number of fused-ring (bicyclic) bond motifs is 1. The molecule has 1 atom stereocenters. The molecule has 0 amide bonds. The molecule has 0 fully saturated rings. The van der Waals surface area contributed by atoms with Crippen molar-refractivity contribution in [1.82, 2.24) is 0 Å². The highest BCUT2D eigenvalue weighted by atomic mass is 79.9. The standard InChI is InChI=1S/C15H10Br2OS/c16-12-8-13(19-15(12)17)14(18)11-7-3-5-9-4-1-2-6-10(9)11/h1-8,14,18H. The summed E-state index contributed by atoms with van der Waals surface area (Å²) in [7, 11) is 0. The van der Waals surface area contributed by atoms with E-state index in [9.17, 15) is 5.11 Å². The number of halogens is 2. The maximum Gasteiger partial charge on any atom is 0.114 e. The SMILES string of the molecule is OC(c1cc(Br)c(Br)s1)c1cccc2ccccc12. The smallest absolute Gasteiger partial charge is 0.114 e. The Hall–Kier alpha value is -0.680. The lowest BCUT2D eigenvalue weighted by Crippen LogP contribution is -1.97. The molecular formula is C15H10Br2OS. The first kappa shape index (κ1) is 13.3. The number of aliphatic hydroxyl groups excluding tert-OH is 1. The zero-order valence-electron chi connectivity index (χ0n) is 9.81.